The minimum absolute atomic E-state index is 0.00343. The molecule has 2 unspecified atom stereocenters. The summed E-state index contributed by atoms with van der Waals surface area (Å²) >= 11 is 0. The Labute approximate surface area is 126 Å². The molecule has 2 heterocycles. The van der Waals surface area contributed by atoms with E-state index in [0.29, 0.717) is 6.54 Å². The lowest BCUT2D eigenvalue weighted by Crippen LogP contribution is -2.48. The number of aryl methyl sites for hydroxylation is 1. The minimum atomic E-state index is -0.150. The molecule has 0 aromatic heterocycles. The second kappa shape index (κ2) is 5.43. The first kappa shape index (κ1) is 14.5. The van der Waals surface area contributed by atoms with Crippen LogP contribution in [0.25, 0.3) is 0 Å². The molecule has 4 heteroatoms. The lowest BCUT2D eigenvalue weighted by Gasteiger charge is -2.41. The van der Waals surface area contributed by atoms with Crippen molar-refractivity contribution >= 4 is 5.91 Å². The highest BCUT2D eigenvalue weighted by molar-refractivity contribution is 5.81. The van der Waals surface area contributed by atoms with E-state index in [4.69, 9.17) is 4.74 Å². The van der Waals surface area contributed by atoms with Gasteiger partial charge in [0, 0.05) is 12.6 Å². The van der Waals surface area contributed by atoms with Crippen LogP contribution < -0.4 is 5.32 Å². The first-order chi connectivity index (χ1) is 9.96. The molecule has 3 rings (SSSR count). The predicted molar refractivity (Wildman–Crippen MR) is 81.8 cm³/mol. The maximum atomic E-state index is 12.4. The van der Waals surface area contributed by atoms with E-state index >= 15 is 0 Å². The molecule has 1 amide bonds. The van der Waals surface area contributed by atoms with Crippen LogP contribution in [0.4, 0.5) is 0 Å². The van der Waals surface area contributed by atoms with Crippen LogP contribution in [0.3, 0.4) is 0 Å². The number of amides is 1. The number of nitrogens with zero attached hydrogens (tertiary/aromatic N) is 1. The van der Waals surface area contributed by atoms with E-state index in [-0.39, 0.29) is 23.7 Å². The molecule has 1 aromatic rings. The summed E-state index contributed by atoms with van der Waals surface area (Å²) in [7, 11) is 0. The molecule has 114 valence electrons. The summed E-state index contributed by atoms with van der Waals surface area (Å²) in [5, 5.41) is 3.36. The fraction of sp³-hybridized carbons (Fsp3) is 0.588. The summed E-state index contributed by atoms with van der Waals surface area (Å²) in [6, 6.07) is 8.65. The van der Waals surface area contributed by atoms with E-state index in [0.717, 1.165) is 19.4 Å². The molecule has 2 fully saturated rings. The maximum Gasteiger partial charge on any atom is 0.238 e. The molecule has 0 aliphatic carbocycles. The van der Waals surface area contributed by atoms with Crippen LogP contribution in [0.1, 0.15) is 44.0 Å². The van der Waals surface area contributed by atoms with Crippen LogP contribution >= 0.6 is 0 Å². The van der Waals surface area contributed by atoms with Crippen molar-refractivity contribution in [2.45, 2.75) is 51.4 Å². The number of hydrogen-bond donors (Lipinski definition) is 1. The SMILES string of the molecule is Cc1cccc(C2NCC(=O)N2C2CCOC(C)(C)C2)c1. The Morgan fingerprint density at radius 1 is 1.38 bits per heavy atom. The van der Waals surface area contributed by atoms with Crippen LogP contribution in [-0.4, -0.2) is 35.6 Å². The van der Waals surface area contributed by atoms with E-state index in [1.54, 1.807) is 0 Å². The zero-order valence-electron chi connectivity index (χ0n) is 13.1. The number of nitrogens with one attached hydrogen (secondary N) is 1. The smallest absolute Gasteiger partial charge is 0.238 e. The Bertz CT molecular complexity index is 541. The molecule has 2 aliphatic heterocycles. The molecular formula is C17H24N2O2. The van der Waals surface area contributed by atoms with Gasteiger partial charge in [0.1, 0.15) is 6.17 Å². The fourth-order valence-corrected chi connectivity index (χ4v) is 3.49. The lowest BCUT2D eigenvalue weighted by molar-refractivity contribution is -0.137. The van der Waals surface area contributed by atoms with E-state index in [9.17, 15) is 4.79 Å². The summed E-state index contributed by atoms with van der Waals surface area (Å²) < 4.78 is 5.79. The van der Waals surface area contributed by atoms with Crippen molar-refractivity contribution in [3.63, 3.8) is 0 Å². The Hall–Kier alpha value is -1.39. The van der Waals surface area contributed by atoms with Gasteiger partial charge in [-0.1, -0.05) is 29.8 Å². The molecule has 2 atom stereocenters. The normalized spacial score (nSPS) is 28.9. The van der Waals surface area contributed by atoms with Crippen LogP contribution in [-0.2, 0) is 9.53 Å². The van der Waals surface area contributed by atoms with Gasteiger partial charge in [-0.2, -0.15) is 0 Å². The van der Waals surface area contributed by atoms with E-state index in [2.05, 4.69) is 50.4 Å². The molecule has 0 radical (unpaired) electrons. The van der Waals surface area contributed by atoms with Gasteiger partial charge in [0.25, 0.3) is 0 Å². The molecule has 4 nitrogen and oxygen atoms in total. The molecular weight excluding hydrogens is 264 g/mol. The number of ether oxygens (including phenoxy) is 1. The van der Waals surface area contributed by atoms with E-state index in [1.807, 2.05) is 4.90 Å². The fourth-order valence-electron chi connectivity index (χ4n) is 3.49. The van der Waals surface area contributed by atoms with Crippen LogP contribution in [0.15, 0.2) is 24.3 Å². The summed E-state index contributed by atoms with van der Waals surface area (Å²) in [6.45, 7) is 7.45. The van der Waals surface area contributed by atoms with E-state index in [1.165, 1.54) is 11.1 Å². The monoisotopic (exact) mass is 288 g/mol. The highest BCUT2D eigenvalue weighted by Gasteiger charge is 2.41. The summed E-state index contributed by atoms with van der Waals surface area (Å²) in [5.41, 5.74) is 2.24. The second-order valence-electron chi connectivity index (χ2n) is 6.75. The van der Waals surface area contributed by atoms with Crippen molar-refractivity contribution in [3.05, 3.63) is 35.4 Å². The molecule has 21 heavy (non-hydrogen) atoms. The number of rotatable bonds is 2. The zero-order chi connectivity index (χ0) is 15.0. The summed E-state index contributed by atoms with van der Waals surface area (Å²) in [5.74, 6) is 0.198. The Morgan fingerprint density at radius 3 is 2.90 bits per heavy atom. The van der Waals surface area contributed by atoms with Crippen LogP contribution in [0.5, 0.6) is 0 Å². The summed E-state index contributed by atoms with van der Waals surface area (Å²) in [4.78, 5) is 14.4. The lowest BCUT2D eigenvalue weighted by atomic mass is 9.92. The maximum absolute atomic E-state index is 12.4. The van der Waals surface area contributed by atoms with Gasteiger partial charge < -0.3 is 9.64 Å². The van der Waals surface area contributed by atoms with Gasteiger partial charge in [0.05, 0.1) is 12.1 Å². The number of hydrogen-bond acceptors (Lipinski definition) is 3. The molecule has 1 aromatic carbocycles. The third-order valence-corrected chi connectivity index (χ3v) is 4.44. The van der Waals surface area contributed by atoms with Crippen LogP contribution in [0.2, 0.25) is 0 Å². The average Bonchev–Trinajstić information content (AvgIpc) is 2.79. The van der Waals surface area contributed by atoms with E-state index < -0.39 is 0 Å². The van der Waals surface area contributed by atoms with Crippen molar-refractivity contribution in [1.29, 1.82) is 0 Å². The molecule has 0 spiro atoms. The van der Waals surface area contributed by atoms with Crippen molar-refractivity contribution in [2.24, 2.45) is 0 Å². The number of benzene rings is 1. The zero-order valence-corrected chi connectivity index (χ0v) is 13.1. The molecule has 0 saturated carbocycles. The van der Waals surface area contributed by atoms with Crippen LogP contribution in [0, 0.1) is 6.92 Å². The first-order valence-electron chi connectivity index (χ1n) is 7.71. The topological polar surface area (TPSA) is 41.6 Å². The highest BCUT2D eigenvalue weighted by Crippen LogP contribution is 2.33. The largest absolute Gasteiger partial charge is 0.375 e. The highest BCUT2D eigenvalue weighted by atomic mass is 16.5. The van der Waals surface area contributed by atoms with Crippen molar-refractivity contribution < 1.29 is 9.53 Å². The van der Waals surface area contributed by atoms with Crippen molar-refractivity contribution in [2.75, 3.05) is 13.2 Å². The molecule has 2 aliphatic rings. The third kappa shape index (κ3) is 2.97. The average molecular weight is 288 g/mol. The van der Waals surface area contributed by atoms with Gasteiger partial charge in [-0.25, -0.2) is 0 Å². The van der Waals surface area contributed by atoms with Gasteiger partial charge in [-0.05, 0) is 39.2 Å². The third-order valence-electron chi connectivity index (χ3n) is 4.44. The Balaban J connectivity index is 1.86. The van der Waals surface area contributed by atoms with Gasteiger partial charge in [-0.3, -0.25) is 10.1 Å². The first-order valence-corrected chi connectivity index (χ1v) is 7.71. The Morgan fingerprint density at radius 2 is 2.19 bits per heavy atom. The van der Waals surface area contributed by atoms with Gasteiger partial charge in [0.2, 0.25) is 5.91 Å². The van der Waals surface area contributed by atoms with Gasteiger partial charge in [0.15, 0.2) is 0 Å². The quantitative estimate of drug-likeness (QED) is 0.908. The molecule has 2 saturated heterocycles. The molecule has 1 N–H and O–H groups in total. The molecule has 0 bridgehead atoms. The van der Waals surface area contributed by atoms with Gasteiger partial charge >= 0.3 is 0 Å². The summed E-state index contributed by atoms with van der Waals surface area (Å²) in [6.07, 6.45) is 1.80. The number of carbonyl (C=O) groups is 1. The number of carbonyl (C=O) groups excluding carboxylic acids is 1. The standard InChI is InChI=1S/C17H24N2O2/c1-12-5-4-6-13(9-12)16-18-11-15(20)19(16)14-7-8-21-17(2,3)10-14/h4-6,9,14,16,18H,7-8,10-11H2,1-3H3. The van der Waals surface area contributed by atoms with Crippen molar-refractivity contribution in [1.82, 2.24) is 10.2 Å². The van der Waals surface area contributed by atoms with Crippen molar-refractivity contribution in [3.8, 4) is 0 Å². The van der Waals surface area contributed by atoms with Gasteiger partial charge in [-0.15, -0.1) is 0 Å². The Kier molecular flexibility index (Phi) is 3.76. The predicted octanol–water partition coefficient (Wildman–Crippen LogP) is 2.38. The second-order valence-corrected chi connectivity index (χ2v) is 6.75. The minimum Gasteiger partial charge on any atom is -0.375 e.